The molecule has 0 fully saturated rings. The zero-order valence-electron chi connectivity index (χ0n) is 15.1. The first-order valence-electron chi connectivity index (χ1n) is 8.47. The minimum absolute atomic E-state index is 0.127. The highest BCUT2D eigenvalue weighted by Gasteiger charge is 2.09. The van der Waals surface area contributed by atoms with Crippen LogP contribution in [0, 0.1) is 6.92 Å². The van der Waals surface area contributed by atoms with Crippen molar-refractivity contribution >= 4 is 29.4 Å². The smallest absolute Gasteiger partial charge is 0.353 e. The summed E-state index contributed by atoms with van der Waals surface area (Å²) in [6, 6.07) is 17.7. The molecule has 7 heteroatoms. The summed E-state index contributed by atoms with van der Waals surface area (Å²) < 4.78 is 10.7. The summed E-state index contributed by atoms with van der Waals surface area (Å²) in [4.78, 5) is 24.2. The van der Waals surface area contributed by atoms with E-state index < -0.39 is 5.97 Å². The molecule has 0 radical (unpaired) electrons. The topological polar surface area (TPSA) is 77.0 Å². The van der Waals surface area contributed by atoms with Crippen LogP contribution in [0.5, 0.6) is 11.5 Å². The van der Waals surface area contributed by atoms with Crippen molar-refractivity contribution in [2.24, 2.45) is 5.10 Å². The van der Waals surface area contributed by atoms with E-state index in [1.165, 1.54) is 17.6 Å². The molecular formula is C21H18N2O4S. The van der Waals surface area contributed by atoms with Crippen molar-refractivity contribution in [3.8, 4) is 11.5 Å². The maximum atomic E-state index is 11.9. The third-order valence-corrected chi connectivity index (χ3v) is 4.43. The maximum absolute atomic E-state index is 11.9. The van der Waals surface area contributed by atoms with E-state index in [2.05, 4.69) is 10.5 Å². The summed E-state index contributed by atoms with van der Waals surface area (Å²) in [5.74, 6) is 0.314. The normalized spacial score (nSPS) is 10.6. The Hall–Kier alpha value is -3.45. The molecule has 0 bridgehead atoms. The van der Waals surface area contributed by atoms with Gasteiger partial charge in [0.25, 0.3) is 5.91 Å². The predicted octanol–water partition coefficient (Wildman–Crippen LogP) is 3.80. The number of hydrogen-bond acceptors (Lipinski definition) is 6. The Morgan fingerprint density at radius 1 is 1.07 bits per heavy atom. The van der Waals surface area contributed by atoms with Crippen LogP contribution in [0.15, 0.2) is 71.1 Å². The van der Waals surface area contributed by atoms with Gasteiger partial charge in [-0.1, -0.05) is 18.2 Å². The van der Waals surface area contributed by atoms with Gasteiger partial charge in [0.1, 0.15) is 16.4 Å². The average Bonchev–Trinajstić information content (AvgIpc) is 3.23. The van der Waals surface area contributed by atoms with Gasteiger partial charge in [0.2, 0.25) is 0 Å². The van der Waals surface area contributed by atoms with Crippen molar-refractivity contribution < 1.29 is 19.1 Å². The zero-order chi connectivity index (χ0) is 19.8. The molecule has 1 amide bonds. The molecule has 2 aromatic carbocycles. The molecule has 1 aromatic heterocycles. The summed E-state index contributed by atoms with van der Waals surface area (Å²) in [5, 5.41) is 5.71. The first-order chi connectivity index (χ1) is 13.6. The van der Waals surface area contributed by atoms with Crippen molar-refractivity contribution in [2.75, 3.05) is 6.61 Å². The lowest BCUT2D eigenvalue weighted by molar-refractivity contribution is -0.123. The van der Waals surface area contributed by atoms with Crippen LogP contribution in [-0.2, 0) is 4.79 Å². The molecule has 1 heterocycles. The van der Waals surface area contributed by atoms with E-state index in [-0.39, 0.29) is 12.5 Å². The molecule has 0 aliphatic carbocycles. The number of benzene rings is 2. The highest BCUT2D eigenvalue weighted by molar-refractivity contribution is 7.12. The number of carbonyl (C=O) groups is 2. The number of hydrogen-bond donors (Lipinski definition) is 1. The summed E-state index contributed by atoms with van der Waals surface area (Å²) in [7, 11) is 0. The molecule has 0 spiro atoms. The Morgan fingerprint density at radius 3 is 2.61 bits per heavy atom. The van der Waals surface area contributed by atoms with Gasteiger partial charge in [-0.25, -0.2) is 10.2 Å². The number of nitrogens with one attached hydrogen (secondary N) is 1. The fraction of sp³-hybridized carbons (Fsp3) is 0.0952. The van der Waals surface area contributed by atoms with Gasteiger partial charge in [0.15, 0.2) is 6.61 Å². The van der Waals surface area contributed by atoms with E-state index in [0.717, 1.165) is 11.1 Å². The Kier molecular flexibility index (Phi) is 6.54. The SMILES string of the molecule is Cc1cccc(OCC(=O)NN=Cc2ccc(OC(=O)c3cccs3)cc2)c1. The van der Waals surface area contributed by atoms with E-state index in [1.807, 2.05) is 30.5 Å². The van der Waals surface area contributed by atoms with Crippen LogP contribution in [0.3, 0.4) is 0 Å². The number of rotatable bonds is 7. The van der Waals surface area contributed by atoms with Crippen molar-refractivity contribution in [1.82, 2.24) is 5.43 Å². The van der Waals surface area contributed by atoms with Gasteiger partial charge in [0, 0.05) is 0 Å². The minimum Gasteiger partial charge on any atom is -0.484 e. The lowest BCUT2D eigenvalue weighted by Gasteiger charge is -2.05. The molecule has 28 heavy (non-hydrogen) atoms. The van der Waals surface area contributed by atoms with Crippen LogP contribution in [-0.4, -0.2) is 24.7 Å². The molecule has 3 rings (SSSR count). The lowest BCUT2D eigenvalue weighted by atomic mass is 10.2. The molecule has 0 aliphatic heterocycles. The van der Waals surface area contributed by atoms with Crippen LogP contribution >= 0.6 is 11.3 Å². The second-order valence-electron chi connectivity index (χ2n) is 5.83. The second kappa shape index (κ2) is 9.48. The van der Waals surface area contributed by atoms with Crippen molar-refractivity contribution in [3.63, 3.8) is 0 Å². The molecule has 0 saturated heterocycles. The molecule has 1 N–H and O–H groups in total. The zero-order valence-corrected chi connectivity index (χ0v) is 15.9. The molecule has 142 valence electrons. The fourth-order valence-electron chi connectivity index (χ4n) is 2.24. The molecular weight excluding hydrogens is 376 g/mol. The van der Waals surface area contributed by atoms with Gasteiger partial charge in [-0.15, -0.1) is 11.3 Å². The van der Waals surface area contributed by atoms with Gasteiger partial charge in [-0.3, -0.25) is 4.79 Å². The molecule has 0 saturated carbocycles. The van der Waals surface area contributed by atoms with Gasteiger partial charge in [-0.2, -0.15) is 5.10 Å². The number of ether oxygens (including phenoxy) is 2. The average molecular weight is 394 g/mol. The fourth-order valence-corrected chi connectivity index (χ4v) is 2.84. The maximum Gasteiger partial charge on any atom is 0.353 e. The van der Waals surface area contributed by atoms with E-state index in [4.69, 9.17) is 9.47 Å². The number of aryl methyl sites for hydroxylation is 1. The first kappa shape index (κ1) is 19.3. The van der Waals surface area contributed by atoms with Gasteiger partial charge < -0.3 is 9.47 Å². The second-order valence-corrected chi connectivity index (χ2v) is 6.78. The monoisotopic (exact) mass is 394 g/mol. The standard InChI is InChI=1S/C21H18N2O4S/c1-15-4-2-5-18(12-15)26-14-20(24)23-22-13-16-7-9-17(10-8-16)27-21(25)19-6-3-11-28-19/h2-13H,14H2,1H3,(H,23,24). The van der Waals surface area contributed by atoms with Gasteiger partial charge >= 0.3 is 5.97 Å². The lowest BCUT2D eigenvalue weighted by Crippen LogP contribution is -2.24. The van der Waals surface area contributed by atoms with Crippen LogP contribution in [0.1, 0.15) is 20.8 Å². The third kappa shape index (κ3) is 5.78. The quantitative estimate of drug-likeness (QED) is 0.286. The Bertz CT molecular complexity index is 966. The molecule has 3 aromatic rings. The van der Waals surface area contributed by atoms with E-state index in [9.17, 15) is 9.59 Å². The Morgan fingerprint density at radius 2 is 1.89 bits per heavy atom. The van der Waals surface area contributed by atoms with Crippen LogP contribution in [0.4, 0.5) is 0 Å². The van der Waals surface area contributed by atoms with Crippen molar-refractivity contribution in [2.45, 2.75) is 6.92 Å². The molecule has 0 aliphatic rings. The number of nitrogens with zero attached hydrogens (tertiary/aromatic N) is 1. The van der Waals surface area contributed by atoms with E-state index in [0.29, 0.717) is 16.4 Å². The summed E-state index contributed by atoms with van der Waals surface area (Å²) in [5.41, 5.74) is 4.20. The van der Waals surface area contributed by atoms with Gasteiger partial charge in [-0.05, 0) is 65.9 Å². The number of esters is 1. The van der Waals surface area contributed by atoms with Crippen LogP contribution in [0.25, 0.3) is 0 Å². The summed E-state index contributed by atoms with van der Waals surface area (Å²) in [6.45, 7) is 1.82. The minimum atomic E-state index is -0.391. The number of thiophene rings is 1. The third-order valence-electron chi connectivity index (χ3n) is 3.58. The van der Waals surface area contributed by atoms with Crippen molar-refractivity contribution in [3.05, 3.63) is 82.0 Å². The van der Waals surface area contributed by atoms with Crippen LogP contribution < -0.4 is 14.9 Å². The van der Waals surface area contributed by atoms with Gasteiger partial charge in [0.05, 0.1) is 6.21 Å². The Balaban J connectivity index is 1.45. The number of amides is 1. The summed E-state index contributed by atoms with van der Waals surface area (Å²) >= 11 is 1.32. The molecule has 0 atom stereocenters. The Labute approximate surface area is 166 Å². The first-order valence-corrected chi connectivity index (χ1v) is 9.35. The number of carbonyl (C=O) groups excluding carboxylic acids is 2. The van der Waals surface area contributed by atoms with Crippen LogP contribution in [0.2, 0.25) is 0 Å². The number of hydrazone groups is 1. The largest absolute Gasteiger partial charge is 0.484 e. The van der Waals surface area contributed by atoms with E-state index >= 15 is 0 Å². The van der Waals surface area contributed by atoms with E-state index in [1.54, 1.807) is 42.5 Å². The predicted molar refractivity (Wildman–Crippen MR) is 108 cm³/mol. The molecule has 6 nitrogen and oxygen atoms in total. The summed E-state index contributed by atoms with van der Waals surface area (Å²) in [6.07, 6.45) is 1.50. The highest BCUT2D eigenvalue weighted by atomic mass is 32.1. The highest BCUT2D eigenvalue weighted by Crippen LogP contribution is 2.16. The van der Waals surface area contributed by atoms with Crippen molar-refractivity contribution in [1.29, 1.82) is 0 Å². The molecule has 0 unspecified atom stereocenters.